The zero-order chi connectivity index (χ0) is 16.2. The van der Waals surface area contributed by atoms with Crippen LogP contribution in [0.25, 0.3) is 0 Å². The summed E-state index contributed by atoms with van der Waals surface area (Å²) in [5, 5.41) is 12.3. The highest BCUT2D eigenvalue weighted by Gasteiger charge is 2.17. The molecule has 6 heteroatoms. The molecular formula is C15H23NO4S. The van der Waals surface area contributed by atoms with Crippen LogP contribution in [0.2, 0.25) is 0 Å². The molecule has 0 aliphatic rings. The zero-order valence-electron chi connectivity index (χ0n) is 12.9. The van der Waals surface area contributed by atoms with Gasteiger partial charge in [-0.15, -0.1) is 0 Å². The van der Waals surface area contributed by atoms with Gasteiger partial charge in [0.1, 0.15) is 5.75 Å². The quantitative estimate of drug-likeness (QED) is 0.791. The van der Waals surface area contributed by atoms with E-state index in [0.717, 1.165) is 0 Å². The fraction of sp³-hybridized carbons (Fsp3) is 0.533. The first-order chi connectivity index (χ1) is 9.67. The lowest BCUT2D eigenvalue weighted by Crippen LogP contribution is -2.18. The van der Waals surface area contributed by atoms with Crippen LogP contribution >= 0.6 is 0 Å². The summed E-state index contributed by atoms with van der Waals surface area (Å²) in [5.74, 6) is 0.161. The summed E-state index contributed by atoms with van der Waals surface area (Å²) >= 11 is 0. The Balaban J connectivity index is 2.93. The molecule has 1 aromatic rings. The molecule has 0 saturated carbocycles. The standard InChI is InChI=1S/C15H23NO4S/c1-5-21(19,20)12-6-7-14(17)13(9-12)16-15(18)8-11(4)10(2)3/h6-7,9-11,17H,5,8H2,1-4H3,(H,16,18). The van der Waals surface area contributed by atoms with Crippen molar-refractivity contribution in [1.82, 2.24) is 0 Å². The highest BCUT2D eigenvalue weighted by Crippen LogP contribution is 2.27. The SMILES string of the molecule is CCS(=O)(=O)c1ccc(O)c(NC(=O)CC(C)C(C)C)c1. The second-order valence-electron chi connectivity index (χ2n) is 5.56. The van der Waals surface area contributed by atoms with Gasteiger partial charge in [0, 0.05) is 6.42 Å². The number of phenols is 1. The predicted molar refractivity (Wildman–Crippen MR) is 83.1 cm³/mol. The van der Waals surface area contributed by atoms with Gasteiger partial charge in [-0.2, -0.15) is 0 Å². The molecule has 0 spiro atoms. The van der Waals surface area contributed by atoms with E-state index in [1.165, 1.54) is 18.2 Å². The molecule has 21 heavy (non-hydrogen) atoms. The smallest absolute Gasteiger partial charge is 0.224 e. The highest BCUT2D eigenvalue weighted by atomic mass is 32.2. The van der Waals surface area contributed by atoms with Crippen LogP contribution in [0.1, 0.15) is 34.1 Å². The Kier molecular flexibility index (Phi) is 5.78. The molecule has 2 N–H and O–H groups in total. The maximum Gasteiger partial charge on any atom is 0.224 e. The number of hydrogen-bond acceptors (Lipinski definition) is 4. The predicted octanol–water partition coefficient (Wildman–Crippen LogP) is 2.81. The molecule has 0 saturated heterocycles. The van der Waals surface area contributed by atoms with E-state index in [4.69, 9.17) is 0 Å². The van der Waals surface area contributed by atoms with Gasteiger partial charge in [0.15, 0.2) is 9.84 Å². The number of amides is 1. The van der Waals surface area contributed by atoms with E-state index in [9.17, 15) is 18.3 Å². The number of sulfone groups is 1. The summed E-state index contributed by atoms with van der Waals surface area (Å²) in [4.78, 5) is 12.0. The van der Waals surface area contributed by atoms with E-state index in [0.29, 0.717) is 12.3 Å². The largest absolute Gasteiger partial charge is 0.506 e. The monoisotopic (exact) mass is 313 g/mol. The van der Waals surface area contributed by atoms with Gasteiger partial charge >= 0.3 is 0 Å². The van der Waals surface area contributed by atoms with E-state index >= 15 is 0 Å². The van der Waals surface area contributed by atoms with Crippen molar-refractivity contribution in [1.29, 1.82) is 0 Å². The lowest BCUT2D eigenvalue weighted by molar-refractivity contribution is -0.117. The van der Waals surface area contributed by atoms with Crippen molar-refractivity contribution in [3.05, 3.63) is 18.2 Å². The molecule has 0 heterocycles. The molecule has 1 aromatic carbocycles. The average Bonchev–Trinajstić information content (AvgIpc) is 2.40. The van der Waals surface area contributed by atoms with E-state index in [1.54, 1.807) is 6.92 Å². The Hall–Kier alpha value is -1.56. The number of phenolic OH excluding ortho intramolecular Hbond substituents is 1. The Bertz CT molecular complexity index is 608. The summed E-state index contributed by atoms with van der Waals surface area (Å²) in [6.07, 6.45) is 0.321. The number of benzene rings is 1. The van der Waals surface area contributed by atoms with Crippen molar-refractivity contribution in [3.8, 4) is 5.75 Å². The Morgan fingerprint density at radius 1 is 1.29 bits per heavy atom. The maximum absolute atomic E-state index is 11.9. The van der Waals surface area contributed by atoms with Crippen LogP contribution in [0.15, 0.2) is 23.1 Å². The van der Waals surface area contributed by atoms with Gasteiger partial charge < -0.3 is 10.4 Å². The normalized spacial score (nSPS) is 13.2. The first kappa shape index (κ1) is 17.5. The van der Waals surface area contributed by atoms with Gasteiger partial charge in [0.05, 0.1) is 16.3 Å². The third-order valence-electron chi connectivity index (χ3n) is 3.63. The molecule has 0 bridgehead atoms. The van der Waals surface area contributed by atoms with Gasteiger partial charge in [0.2, 0.25) is 5.91 Å². The van der Waals surface area contributed by atoms with Gasteiger partial charge in [-0.3, -0.25) is 4.79 Å². The Morgan fingerprint density at radius 2 is 1.90 bits per heavy atom. The Labute approximate surface area is 126 Å². The molecule has 1 atom stereocenters. The first-order valence-electron chi connectivity index (χ1n) is 7.03. The molecule has 0 fully saturated rings. The minimum absolute atomic E-state index is 0.0322. The summed E-state index contributed by atoms with van der Waals surface area (Å²) in [7, 11) is -3.37. The summed E-state index contributed by atoms with van der Waals surface area (Å²) in [6.45, 7) is 7.58. The summed E-state index contributed by atoms with van der Waals surface area (Å²) in [5.41, 5.74) is 0.130. The third kappa shape index (κ3) is 4.74. The fourth-order valence-corrected chi connectivity index (χ4v) is 2.61. The number of rotatable bonds is 6. The summed E-state index contributed by atoms with van der Waals surface area (Å²) in [6, 6.07) is 3.91. The number of anilines is 1. The molecule has 1 amide bonds. The lowest BCUT2D eigenvalue weighted by Gasteiger charge is -2.15. The van der Waals surface area contributed by atoms with Gasteiger partial charge in [-0.05, 0) is 30.0 Å². The molecule has 5 nitrogen and oxygen atoms in total. The molecule has 0 radical (unpaired) electrons. The van der Waals surface area contributed by atoms with Crippen molar-refractivity contribution in [2.75, 3.05) is 11.1 Å². The number of carbonyl (C=O) groups is 1. The van der Waals surface area contributed by atoms with Gasteiger partial charge in [0.25, 0.3) is 0 Å². The van der Waals surface area contributed by atoms with Crippen LogP contribution < -0.4 is 5.32 Å². The van der Waals surface area contributed by atoms with Crippen molar-refractivity contribution in [2.24, 2.45) is 11.8 Å². The van der Waals surface area contributed by atoms with Gasteiger partial charge in [-0.1, -0.05) is 27.7 Å². The fourth-order valence-electron chi connectivity index (χ4n) is 1.70. The number of carbonyl (C=O) groups excluding carboxylic acids is 1. The molecule has 0 aliphatic carbocycles. The van der Waals surface area contributed by atoms with E-state index in [1.807, 2.05) is 20.8 Å². The van der Waals surface area contributed by atoms with E-state index in [-0.39, 0.29) is 33.9 Å². The van der Waals surface area contributed by atoms with Crippen molar-refractivity contribution in [2.45, 2.75) is 39.0 Å². The van der Waals surface area contributed by atoms with Crippen LogP contribution in [0.3, 0.4) is 0 Å². The minimum atomic E-state index is -3.37. The minimum Gasteiger partial charge on any atom is -0.506 e. The zero-order valence-corrected chi connectivity index (χ0v) is 13.7. The average molecular weight is 313 g/mol. The van der Waals surface area contributed by atoms with Crippen LogP contribution in [0.5, 0.6) is 5.75 Å². The molecular weight excluding hydrogens is 290 g/mol. The number of hydrogen-bond donors (Lipinski definition) is 2. The topological polar surface area (TPSA) is 83.5 Å². The Morgan fingerprint density at radius 3 is 2.43 bits per heavy atom. The second-order valence-corrected chi connectivity index (χ2v) is 7.83. The first-order valence-corrected chi connectivity index (χ1v) is 8.68. The van der Waals surface area contributed by atoms with E-state index < -0.39 is 9.84 Å². The molecule has 1 rings (SSSR count). The second kappa shape index (κ2) is 6.93. The van der Waals surface area contributed by atoms with Crippen molar-refractivity contribution < 1.29 is 18.3 Å². The lowest BCUT2D eigenvalue weighted by atomic mass is 9.94. The van der Waals surface area contributed by atoms with Gasteiger partial charge in [-0.25, -0.2) is 8.42 Å². The highest BCUT2D eigenvalue weighted by molar-refractivity contribution is 7.91. The van der Waals surface area contributed by atoms with Crippen LogP contribution in [0, 0.1) is 11.8 Å². The summed E-state index contributed by atoms with van der Waals surface area (Å²) < 4.78 is 23.6. The van der Waals surface area contributed by atoms with E-state index in [2.05, 4.69) is 5.32 Å². The van der Waals surface area contributed by atoms with Crippen LogP contribution in [0.4, 0.5) is 5.69 Å². The number of nitrogens with one attached hydrogen (secondary N) is 1. The van der Waals surface area contributed by atoms with Crippen LogP contribution in [-0.2, 0) is 14.6 Å². The maximum atomic E-state index is 11.9. The van der Waals surface area contributed by atoms with Crippen molar-refractivity contribution >= 4 is 21.4 Å². The van der Waals surface area contributed by atoms with Crippen molar-refractivity contribution in [3.63, 3.8) is 0 Å². The molecule has 118 valence electrons. The van der Waals surface area contributed by atoms with Crippen LogP contribution in [-0.4, -0.2) is 25.2 Å². The number of aromatic hydroxyl groups is 1. The molecule has 0 aromatic heterocycles. The molecule has 0 aliphatic heterocycles. The third-order valence-corrected chi connectivity index (χ3v) is 5.36. The molecule has 1 unspecified atom stereocenters.